The normalized spacial score (nSPS) is 13.1. The van der Waals surface area contributed by atoms with Gasteiger partial charge < -0.3 is 15.3 Å². The van der Waals surface area contributed by atoms with Crippen molar-refractivity contribution in [2.45, 2.75) is 26.2 Å². The van der Waals surface area contributed by atoms with Crippen LogP contribution in [0.25, 0.3) is 11.3 Å². The molecule has 0 saturated heterocycles. The Hall–Kier alpha value is -2.82. The molecule has 0 radical (unpaired) electrons. The third kappa shape index (κ3) is 2.44. The molecule has 116 valence electrons. The standard InChI is InChI=1S/C18H18N4O/c1-11-20-15-9-5-8-14-16(17(15)21-11)13(10-19-14)18(23)22-12-6-3-2-4-7-12/h2-4,6-7,10,19H,5,8-9H2,1H3,(H,20,21)(H,22,23). The molecule has 1 aliphatic carbocycles. The number of aromatic nitrogens is 3. The van der Waals surface area contributed by atoms with Crippen LogP contribution in [0.15, 0.2) is 36.5 Å². The molecule has 3 aromatic rings. The molecule has 3 N–H and O–H groups in total. The summed E-state index contributed by atoms with van der Waals surface area (Å²) in [6.45, 7) is 1.95. The Morgan fingerprint density at radius 2 is 1.96 bits per heavy atom. The number of para-hydroxylation sites is 1. The summed E-state index contributed by atoms with van der Waals surface area (Å²) in [5.74, 6) is 0.778. The van der Waals surface area contributed by atoms with E-state index in [1.54, 1.807) is 6.20 Å². The Balaban J connectivity index is 1.75. The number of anilines is 1. The molecule has 0 spiro atoms. The minimum atomic E-state index is -0.109. The van der Waals surface area contributed by atoms with Gasteiger partial charge >= 0.3 is 0 Å². The first-order valence-corrected chi connectivity index (χ1v) is 7.85. The number of nitrogens with zero attached hydrogens (tertiary/aromatic N) is 1. The summed E-state index contributed by atoms with van der Waals surface area (Å²) in [5, 5.41) is 2.96. The maximum Gasteiger partial charge on any atom is 0.257 e. The summed E-state index contributed by atoms with van der Waals surface area (Å²) < 4.78 is 0. The van der Waals surface area contributed by atoms with E-state index in [0.717, 1.165) is 53.4 Å². The highest BCUT2D eigenvalue weighted by molar-refractivity contribution is 6.09. The van der Waals surface area contributed by atoms with E-state index >= 15 is 0 Å². The second kappa shape index (κ2) is 5.43. The van der Waals surface area contributed by atoms with Gasteiger partial charge in [0.1, 0.15) is 5.82 Å². The van der Waals surface area contributed by atoms with Crippen molar-refractivity contribution in [3.63, 3.8) is 0 Å². The SMILES string of the molecule is Cc1nc2c([nH]1)CCCc1[nH]cc(C(=O)Nc3ccccc3)c1-2. The number of benzene rings is 1. The van der Waals surface area contributed by atoms with Crippen LogP contribution < -0.4 is 5.32 Å². The molecule has 23 heavy (non-hydrogen) atoms. The highest BCUT2D eigenvalue weighted by Gasteiger charge is 2.25. The zero-order valence-electron chi connectivity index (χ0n) is 12.9. The highest BCUT2D eigenvalue weighted by atomic mass is 16.1. The van der Waals surface area contributed by atoms with E-state index in [1.807, 2.05) is 37.3 Å². The Bertz CT molecular complexity index is 861. The lowest BCUT2D eigenvalue weighted by Gasteiger charge is -2.06. The van der Waals surface area contributed by atoms with Gasteiger partial charge in [0.15, 0.2) is 0 Å². The molecule has 1 aliphatic rings. The quantitative estimate of drug-likeness (QED) is 0.678. The van der Waals surface area contributed by atoms with Gasteiger partial charge in [-0.3, -0.25) is 4.79 Å². The molecule has 1 aromatic carbocycles. The Kier molecular flexibility index (Phi) is 3.26. The van der Waals surface area contributed by atoms with Gasteiger partial charge in [-0.2, -0.15) is 0 Å². The highest BCUT2D eigenvalue weighted by Crippen LogP contribution is 2.33. The first kappa shape index (κ1) is 13.8. The maximum atomic E-state index is 12.7. The minimum absolute atomic E-state index is 0.109. The third-order valence-corrected chi connectivity index (χ3v) is 4.23. The summed E-state index contributed by atoms with van der Waals surface area (Å²) in [4.78, 5) is 23.9. The zero-order chi connectivity index (χ0) is 15.8. The fraction of sp³-hybridized carbons (Fsp3) is 0.222. The van der Waals surface area contributed by atoms with Crippen molar-refractivity contribution in [1.29, 1.82) is 0 Å². The number of carbonyl (C=O) groups excluding carboxylic acids is 1. The topological polar surface area (TPSA) is 73.6 Å². The molecule has 5 nitrogen and oxygen atoms in total. The number of fused-ring (bicyclic) bond motifs is 3. The van der Waals surface area contributed by atoms with E-state index in [0.29, 0.717) is 5.56 Å². The first-order valence-electron chi connectivity index (χ1n) is 7.85. The third-order valence-electron chi connectivity index (χ3n) is 4.23. The predicted molar refractivity (Wildman–Crippen MR) is 89.5 cm³/mol. The number of rotatable bonds is 2. The summed E-state index contributed by atoms with van der Waals surface area (Å²) >= 11 is 0. The molecule has 0 atom stereocenters. The van der Waals surface area contributed by atoms with Crippen LogP contribution in [0.5, 0.6) is 0 Å². The van der Waals surface area contributed by atoms with Gasteiger partial charge in [0.05, 0.1) is 11.3 Å². The van der Waals surface area contributed by atoms with E-state index < -0.39 is 0 Å². The summed E-state index contributed by atoms with van der Waals surface area (Å²) in [6.07, 6.45) is 4.72. The fourth-order valence-corrected chi connectivity index (χ4v) is 3.20. The van der Waals surface area contributed by atoms with Gasteiger partial charge in [0.25, 0.3) is 5.91 Å². The van der Waals surface area contributed by atoms with Gasteiger partial charge in [0.2, 0.25) is 0 Å². The largest absolute Gasteiger partial charge is 0.364 e. The van der Waals surface area contributed by atoms with E-state index in [4.69, 9.17) is 0 Å². The lowest BCUT2D eigenvalue weighted by Crippen LogP contribution is -2.12. The Morgan fingerprint density at radius 3 is 2.78 bits per heavy atom. The lowest BCUT2D eigenvalue weighted by molar-refractivity contribution is 0.102. The van der Waals surface area contributed by atoms with Gasteiger partial charge in [-0.1, -0.05) is 18.2 Å². The van der Waals surface area contributed by atoms with Crippen LogP contribution in [0.1, 0.15) is 34.0 Å². The zero-order valence-corrected chi connectivity index (χ0v) is 12.9. The van der Waals surface area contributed by atoms with Crippen molar-refractivity contribution in [1.82, 2.24) is 15.0 Å². The molecule has 5 heteroatoms. The predicted octanol–water partition coefficient (Wildman–Crippen LogP) is 3.45. The van der Waals surface area contributed by atoms with E-state index in [9.17, 15) is 4.79 Å². The molecule has 1 amide bonds. The van der Waals surface area contributed by atoms with Crippen LogP contribution in [0.4, 0.5) is 5.69 Å². The molecule has 0 bridgehead atoms. The number of amides is 1. The van der Waals surface area contributed by atoms with Crippen LogP contribution in [0, 0.1) is 6.92 Å². The van der Waals surface area contributed by atoms with Crippen molar-refractivity contribution in [2.24, 2.45) is 0 Å². The van der Waals surface area contributed by atoms with Crippen molar-refractivity contribution >= 4 is 11.6 Å². The number of aromatic amines is 2. The Labute approximate surface area is 134 Å². The van der Waals surface area contributed by atoms with Gasteiger partial charge in [-0.15, -0.1) is 0 Å². The lowest BCUT2D eigenvalue weighted by atomic mass is 10.1. The van der Waals surface area contributed by atoms with Gasteiger partial charge in [0, 0.05) is 28.8 Å². The van der Waals surface area contributed by atoms with E-state index in [-0.39, 0.29) is 5.91 Å². The maximum absolute atomic E-state index is 12.7. The number of carbonyl (C=O) groups is 1. The number of nitrogens with one attached hydrogen (secondary N) is 3. The second-order valence-corrected chi connectivity index (χ2v) is 5.88. The average Bonchev–Trinajstić information content (AvgIpc) is 3.08. The molecule has 0 saturated carbocycles. The minimum Gasteiger partial charge on any atom is -0.364 e. The number of imidazole rings is 1. The van der Waals surface area contributed by atoms with Gasteiger partial charge in [-0.05, 0) is 38.3 Å². The summed E-state index contributed by atoms with van der Waals surface area (Å²) in [6, 6.07) is 9.50. The molecule has 2 heterocycles. The van der Waals surface area contributed by atoms with Crippen molar-refractivity contribution < 1.29 is 4.79 Å². The molecule has 0 unspecified atom stereocenters. The monoisotopic (exact) mass is 306 g/mol. The van der Waals surface area contributed by atoms with Crippen LogP contribution in [-0.4, -0.2) is 20.9 Å². The molecular formula is C18H18N4O. The van der Waals surface area contributed by atoms with Crippen LogP contribution >= 0.6 is 0 Å². The van der Waals surface area contributed by atoms with Crippen LogP contribution in [0.3, 0.4) is 0 Å². The first-order chi connectivity index (χ1) is 11.2. The number of hydrogen-bond donors (Lipinski definition) is 3. The van der Waals surface area contributed by atoms with E-state index in [1.165, 1.54) is 0 Å². The van der Waals surface area contributed by atoms with Crippen molar-refractivity contribution in [3.8, 4) is 11.3 Å². The fourth-order valence-electron chi connectivity index (χ4n) is 3.20. The number of aryl methyl sites for hydroxylation is 3. The molecule has 0 fully saturated rings. The van der Waals surface area contributed by atoms with E-state index in [2.05, 4.69) is 20.3 Å². The molecule has 4 rings (SSSR count). The molecular weight excluding hydrogens is 288 g/mol. The molecule has 2 aromatic heterocycles. The average molecular weight is 306 g/mol. The van der Waals surface area contributed by atoms with Crippen LogP contribution in [-0.2, 0) is 12.8 Å². The molecule has 0 aliphatic heterocycles. The Morgan fingerprint density at radius 1 is 1.17 bits per heavy atom. The van der Waals surface area contributed by atoms with Gasteiger partial charge in [-0.25, -0.2) is 4.98 Å². The summed E-state index contributed by atoms with van der Waals surface area (Å²) in [7, 11) is 0. The number of hydrogen-bond acceptors (Lipinski definition) is 2. The number of H-pyrrole nitrogens is 2. The van der Waals surface area contributed by atoms with Crippen molar-refractivity contribution in [3.05, 3.63) is 59.3 Å². The van der Waals surface area contributed by atoms with Crippen LogP contribution in [0.2, 0.25) is 0 Å². The smallest absolute Gasteiger partial charge is 0.257 e. The second-order valence-electron chi connectivity index (χ2n) is 5.88. The summed E-state index contributed by atoms with van der Waals surface area (Å²) in [5.41, 5.74) is 5.51. The van der Waals surface area contributed by atoms with Crippen molar-refractivity contribution in [2.75, 3.05) is 5.32 Å².